The number of hydrogen-bond donors (Lipinski definition) is 1. The zero-order valence-corrected chi connectivity index (χ0v) is 19.3. The molecule has 2 aromatic rings. The maximum absolute atomic E-state index is 13.1. The van der Waals surface area contributed by atoms with Crippen molar-refractivity contribution >= 4 is 17.4 Å². The van der Waals surface area contributed by atoms with E-state index in [4.69, 9.17) is 14.2 Å². The number of amides is 1. The molecule has 2 aromatic carbocycles. The summed E-state index contributed by atoms with van der Waals surface area (Å²) in [5, 5.41) is 11.4. The molecule has 1 aliphatic heterocycles. The van der Waals surface area contributed by atoms with E-state index in [0.29, 0.717) is 41.3 Å². The molecule has 0 aromatic heterocycles. The number of hydrogen-bond acceptors (Lipinski definition) is 6. The Labute approximate surface area is 188 Å². The average Bonchev–Trinajstić information content (AvgIpc) is 3.02. The van der Waals surface area contributed by atoms with E-state index in [2.05, 4.69) is 0 Å². The van der Waals surface area contributed by atoms with E-state index in [1.54, 1.807) is 24.3 Å². The number of Topliss-reactive ketones (excluding diaryl/α,β-unsaturated/α-hetero) is 1. The third-order valence-electron chi connectivity index (χ3n) is 5.61. The van der Waals surface area contributed by atoms with Gasteiger partial charge in [0, 0.05) is 6.54 Å². The van der Waals surface area contributed by atoms with E-state index in [9.17, 15) is 14.7 Å². The van der Waals surface area contributed by atoms with Gasteiger partial charge in [0.2, 0.25) is 0 Å². The second-order valence-corrected chi connectivity index (χ2v) is 7.77. The van der Waals surface area contributed by atoms with Crippen LogP contribution in [0.3, 0.4) is 0 Å². The fourth-order valence-corrected chi connectivity index (χ4v) is 4.27. The quantitative estimate of drug-likeness (QED) is 0.396. The maximum atomic E-state index is 13.1. The number of benzene rings is 2. The van der Waals surface area contributed by atoms with E-state index in [0.717, 1.165) is 11.1 Å². The third-order valence-corrected chi connectivity index (χ3v) is 5.61. The molecule has 1 atom stereocenters. The Morgan fingerprint density at radius 2 is 1.69 bits per heavy atom. The molecule has 1 saturated heterocycles. The van der Waals surface area contributed by atoms with Crippen LogP contribution in [-0.2, 0) is 9.59 Å². The number of nitrogens with zero attached hydrogens (tertiary/aromatic N) is 1. The molecule has 1 aliphatic rings. The van der Waals surface area contributed by atoms with Gasteiger partial charge in [-0.2, -0.15) is 0 Å². The molecule has 1 fully saturated rings. The number of methoxy groups -OCH3 is 3. The fourth-order valence-electron chi connectivity index (χ4n) is 4.27. The van der Waals surface area contributed by atoms with Crippen LogP contribution in [-0.4, -0.2) is 49.6 Å². The van der Waals surface area contributed by atoms with E-state index >= 15 is 0 Å². The Balaban J connectivity index is 2.30. The topological polar surface area (TPSA) is 85.3 Å². The van der Waals surface area contributed by atoms with Crippen molar-refractivity contribution in [2.24, 2.45) is 0 Å². The van der Waals surface area contributed by atoms with Crippen LogP contribution in [0.1, 0.15) is 41.6 Å². The normalized spacial score (nSPS) is 17.6. The number of ether oxygens (including phenoxy) is 3. The molecular formula is C25H29NO6. The second-order valence-electron chi connectivity index (χ2n) is 7.77. The van der Waals surface area contributed by atoms with Crippen molar-refractivity contribution in [1.29, 1.82) is 0 Å². The lowest BCUT2D eigenvalue weighted by molar-refractivity contribution is -0.139. The van der Waals surface area contributed by atoms with E-state index in [-0.39, 0.29) is 11.3 Å². The van der Waals surface area contributed by atoms with Crippen LogP contribution in [0.5, 0.6) is 17.2 Å². The van der Waals surface area contributed by atoms with Crippen molar-refractivity contribution in [3.63, 3.8) is 0 Å². The molecule has 0 bridgehead atoms. The first-order valence-corrected chi connectivity index (χ1v) is 10.4. The molecule has 1 unspecified atom stereocenters. The van der Waals surface area contributed by atoms with Crippen molar-refractivity contribution < 1.29 is 28.9 Å². The molecule has 1 N–H and O–H groups in total. The Bertz CT molecular complexity index is 1090. The highest BCUT2D eigenvalue weighted by atomic mass is 16.5. The number of likely N-dealkylation sites (tertiary alicyclic amines) is 1. The molecule has 0 saturated carbocycles. The Hall–Kier alpha value is -3.48. The predicted octanol–water partition coefficient (Wildman–Crippen LogP) is 4.16. The highest BCUT2D eigenvalue weighted by Gasteiger charge is 2.46. The Kier molecular flexibility index (Phi) is 6.77. The molecule has 3 rings (SSSR count). The third kappa shape index (κ3) is 3.90. The van der Waals surface area contributed by atoms with E-state index < -0.39 is 17.7 Å². The molecule has 32 heavy (non-hydrogen) atoms. The number of rotatable bonds is 7. The van der Waals surface area contributed by atoms with Gasteiger partial charge in [0.1, 0.15) is 11.5 Å². The summed E-state index contributed by atoms with van der Waals surface area (Å²) in [6, 6.07) is 8.13. The number of aliphatic hydroxyl groups excluding tert-OH is 1. The summed E-state index contributed by atoms with van der Waals surface area (Å²) in [5.41, 5.74) is 2.76. The van der Waals surface area contributed by atoms with Crippen molar-refractivity contribution in [3.05, 3.63) is 58.2 Å². The molecular weight excluding hydrogens is 410 g/mol. The van der Waals surface area contributed by atoms with E-state index in [1.807, 2.05) is 26.8 Å². The number of carbonyl (C=O) groups excluding carboxylic acids is 2. The molecule has 170 valence electrons. The standard InChI is InChI=1S/C25H29NO6/c1-7-10-26-21(16-8-9-18(30-4)19(13-16)31-5)20(23(28)25(26)29)22(27)17-12-14(2)11-15(3)24(17)32-6/h8-9,11-13,21,27H,7,10H2,1-6H3/b22-20+. The van der Waals surface area contributed by atoms with Gasteiger partial charge in [0.25, 0.3) is 11.7 Å². The molecule has 1 heterocycles. The Morgan fingerprint density at radius 1 is 1.00 bits per heavy atom. The minimum Gasteiger partial charge on any atom is -0.507 e. The molecule has 7 nitrogen and oxygen atoms in total. The van der Waals surface area contributed by atoms with Gasteiger partial charge in [-0.3, -0.25) is 9.59 Å². The van der Waals surface area contributed by atoms with Gasteiger partial charge in [0.05, 0.1) is 38.5 Å². The van der Waals surface area contributed by atoms with Gasteiger partial charge in [-0.1, -0.05) is 19.1 Å². The van der Waals surface area contributed by atoms with Gasteiger partial charge in [-0.25, -0.2) is 0 Å². The van der Waals surface area contributed by atoms with Gasteiger partial charge < -0.3 is 24.2 Å². The minimum absolute atomic E-state index is 0.0268. The van der Waals surface area contributed by atoms with Gasteiger partial charge in [0.15, 0.2) is 11.5 Å². The number of aryl methyl sites for hydroxylation is 2. The molecule has 0 aliphatic carbocycles. The largest absolute Gasteiger partial charge is 0.507 e. The highest BCUT2D eigenvalue weighted by Crippen LogP contribution is 2.43. The average molecular weight is 440 g/mol. The zero-order valence-electron chi connectivity index (χ0n) is 19.3. The minimum atomic E-state index is -0.764. The lowest BCUT2D eigenvalue weighted by atomic mass is 9.93. The summed E-state index contributed by atoms with van der Waals surface area (Å²) in [7, 11) is 4.56. The molecule has 0 spiro atoms. The van der Waals surface area contributed by atoms with Crippen LogP contribution in [0.4, 0.5) is 0 Å². The van der Waals surface area contributed by atoms with E-state index in [1.165, 1.54) is 26.2 Å². The van der Waals surface area contributed by atoms with Crippen LogP contribution in [0.15, 0.2) is 35.9 Å². The van der Waals surface area contributed by atoms with Gasteiger partial charge in [-0.15, -0.1) is 0 Å². The highest BCUT2D eigenvalue weighted by molar-refractivity contribution is 6.46. The Morgan fingerprint density at radius 3 is 2.28 bits per heavy atom. The van der Waals surface area contributed by atoms with Crippen LogP contribution < -0.4 is 14.2 Å². The van der Waals surface area contributed by atoms with Crippen LogP contribution in [0.2, 0.25) is 0 Å². The maximum Gasteiger partial charge on any atom is 0.295 e. The van der Waals surface area contributed by atoms with Crippen molar-refractivity contribution in [3.8, 4) is 17.2 Å². The summed E-state index contributed by atoms with van der Waals surface area (Å²) in [5.74, 6) is -0.171. The smallest absolute Gasteiger partial charge is 0.295 e. The summed E-state index contributed by atoms with van der Waals surface area (Å²) in [6.45, 7) is 6.05. The SMILES string of the molecule is CCCN1C(=O)C(=O)/C(=C(/O)c2cc(C)cc(C)c2OC)C1c1ccc(OC)c(OC)c1. The molecule has 0 radical (unpaired) electrons. The first-order chi connectivity index (χ1) is 15.3. The van der Waals surface area contributed by atoms with Crippen molar-refractivity contribution in [2.45, 2.75) is 33.2 Å². The summed E-state index contributed by atoms with van der Waals surface area (Å²) in [6.07, 6.45) is 0.656. The lowest BCUT2D eigenvalue weighted by Crippen LogP contribution is -2.30. The number of aliphatic hydroxyl groups is 1. The zero-order chi connectivity index (χ0) is 23.6. The van der Waals surface area contributed by atoms with Crippen LogP contribution in [0.25, 0.3) is 5.76 Å². The van der Waals surface area contributed by atoms with Gasteiger partial charge >= 0.3 is 0 Å². The van der Waals surface area contributed by atoms with Gasteiger partial charge in [-0.05, 0) is 55.2 Å². The monoisotopic (exact) mass is 439 g/mol. The summed E-state index contributed by atoms with van der Waals surface area (Å²) in [4.78, 5) is 27.6. The first-order valence-electron chi connectivity index (χ1n) is 10.4. The van der Waals surface area contributed by atoms with Crippen molar-refractivity contribution in [1.82, 2.24) is 4.90 Å². The number of carbonyl (C=O) groups is 2. The summed E-state index contributed by atoms with van der Waals surface area (Å²) < 4.78 is 16.3. The summed E-state index contributed by atoms with van der Waals surface area (Å²) >= 11 is 0. The first kappa shape index (κ1) is 23.2. The number of ketones is 1. The fraction of sp³-hybridized carbons (Fsp3) is 0.360. The second kappa shape index (κ2) is 9.34. The van der Waals surface area contributed by atoms with Crippen LogP contribution in [0, 0.1) is 13.8 Å². The van der Waals surface area contributed by atoms with Crippen molar-refractivity contribution in [2.75, 3.05) is 27.9 Å². The lowest BCUT2D eigenvalue weighted by Gasteiger charge is -2.25. The predicted molar refractivity (Wildman–Crippen MR) is 121 cm³/mol. The molecule has 7 heteroatoms. The van der Waals surface area contributed by atoms with Crippen LogP contribution >= 0.6 is 0 Å². The molecule has 1 amide bonds.